The smallest absolute Gasteiger partial charge is 0.337 e. The highest BCUT2D eigenvalue weighted by molar-refractivity contribution is 5.92. The van der Waals surface area contributed by atoms with Crippen molar-refractivity contribution in [3.8, 4) is 0 Å². The Bertz CT molecular complexity index is 371. The molecule has 0 aromatic rings. The van der Waals surface area contributed by atoms with Gasteiger partial charge in [0.25, 0.3) is 0 Å². The largest absolute Gasteiger partial charge is 0.465 e. The van der Waals surface area contributed by atoms with Gasteiger partial charge >= 0.3 is 5.97 Å². The molecule has 80 valence electrons. The average molecular weight is 205 g/mol. The first-order chi connectivity index (χ1) is 7.10. The second kappa shape index (κ2) is 4.64. The lowest BCUT2D eigenvalue weighted by Gasteiger charge is -2.22. The number of esters is 1. The van der Waals surface area contributed by atoms with E-state index in [0.717, 1.165) is 11.3 Å². The topological polar surface area (TPSA) is 29.5 Å². The number of hydrogen-bond acceptors (Lipinski definition) is 3. The van der Waals surface area contributed by atoms with Crippen molar-refractivity contribution in [2.75, 3.05) is 7.11 Å². The van der Waals surface area contributed by atoms with Gasteiger partial charge in [-0.25, -0.2) is 4.79 Å². The predicted molar refractivity (Wildman–Crippen MR) is 59.6 cm³/mol. The van der Waals surface area contributed by atoms with Crippen molar-refractivity contribution in [2.24, 2.45) is 0 Å². The van der Waals surface area contributed by atoms with Crippen molar-refractivity contribution in [3.05, 3.63) is 48.0 Å². The van der Waals surface area contributed by atoms with Crippen LogP contribution in [0.15, 0.2) is 48.0 Å². The van der Waals surface area contributed by atoms with E-state index in [9.17, 15) is 4.79 Å². The first-order valence-electron chi connectivity index (χ1n) is 4.66. The fourth-order valence-electron chi connectivity index (χ4n) is 1.32. The molecule has 1 rings (SSSR count). The molecule has 15 heavy (non-hydrogen) atoms. The highest BCUT2D eigenvalue weighted by Gasteiger charge is 2.14. The molecule has 0 aromatic heterocycles. The summed E-state index contributed by atoms with van der Waals surface area (Å²) in [5.41, 5.74) is 2.61. The number of carbonyl (C=O) groups is 1. The average Bonchev–Trinajstić information content (AvgIpc) is 2.27. The fourth-order valence-corrected chi connectivity index (χ4v) is 1.32. The quantitative estimate of drug-likeness (QED) is 0.648. The molecular formula is C12H15NO2. The highest BCUT2D eigenvalue weighted by Crippen LogP contribution is 2.20. The monoisotopic (exact) mass is 205 g/mol. The lowest BCUT2D eigenvalue weighted by molar-refractivity contribution is -0.135. The van der Waals surface area contributed by atoms with E-state index in [1.807, 2.05) is 18.7 Å². The summed E-state index contributed by atoms with van der Waals surface area (Å²) in [5.74, 6) is -0.325. The van der Waals surface area contributed by atoms with Crippen LogP contribution in [0.5, 0.6) is 0 Å². The number of hydrogen-bond donors (Lipinski definition) is 0. The Kier molecular flexibility index (Phi) is 3.50. The van der Waals surface area contributed by atoms with Crippen LogP contribution in [-0.4, -0.2) is 18.0 Å². The summed E-state index contributed by atoms with van der Waals surface area (Å²) >= 11 is 0. The molecule has 0 saturated heterocycles. The van der Waals surface area contributed by atoms with Crippen LogP contribution in [0, 0.1) is 0 Å². The molecule has 0 aliphatic carbocycles. The van der Waals surface area contributed by atoms with Crippen molar-refractivity contribution in [1.82, 2.24) is 4.90 Å². The Hall–Kier alpha value is -1.77. The lowest BCUT2D eigenvalue weighted by atomic mass is 10.1. The molecule has 3 nitrogen and oxygen atoms in total. The molecule has 0 aromatic carbocycles. The van der Waals surface area contributed by atoms with Crippen molar-refractivity contribution in [2.45, 2.75) is 13.8 Å². The maximum atomic E-state index is 11.3. The third-order valence-corrected chi connectivity index (χ3v) is 2.12. The Morgan fingerprint density at radius 2 is 2.20 bits per heavy atom. The second-order valence-electron chi connectivity index (χ2n) is 3.38. The molecule has 0 N–H and O–H groups in total. The number of nitrogens with zero attached hydrogens (tertiary/aromatic N) is 1. The number of rotatable bonds is 2. The maximum Gasteiger partial charge on any atom is 0.337 e. The molecule has 1 heterocycles. The van der Waals surface area contributed by atoms with Crippen LogP contribution in [0.4, 0.5) is 0 Å². The van der Waals surface area contributed by atoms with Crippen molar-refractivity contribution in [3.63, 3.8) is 0 Å². The second-order valence-corrected chi connectivity index (χ2v) is 3.38. The zero-order valence-electron chi connectivity index (χ0n) is 9.28. The molecule has 1 aliphatic heterocycles. The molecule has 0 atom stereocenters. The van der Waals surface area contributed by atoms with Crippen LogP contribution in [0.3, 0.4) is 0 Å². The van der Waals surface area contributed by atoms with Gasteiger partial charge in [-0.05, 0) is 26.0 Å². The van der Waals surface area contributed by atoms with Crippen molar-refractivity contribution < 1.29 is 9.53 Å². The Morgan fingerprint density at radius 3 is 2.67 bits per heavy atom. The van der Waals surface area contributed by atoms with Crippen LogP contribution in [-0.2, 0) is 9.53 Å². The summed E-state index contributed by atoms with van der Waals surface area (Å²) < 4.78 is 4.66. The Balaban J connectivity index is 3.09. The van der Waals surface area contributed by atoms with E-state index in [-0.39, 0.29) is 5.97 Å². The molecule has 0 saturated carbocycles. The van der Waals surface area contributed by atoms with Gasteiger partial charge in [-0.15, -0.1) is 0 Å². The Labute approximate surface area is 90.0 Å². The minimum Gasteiger partial charge on any atom is -0.465 e. The normalized spacial score (nSPS) is 14.7. The van der Waals surface area contributed by atoms with E-state index >= 15 is 0 Å². The molecule has 3 heteroatoms. The number of carbonyl (C=O) groups excluding carboxylic acids is 1. The van der Waals surface area contributed by atoms with E-state index in [2.05, 4.69) is 11.3 Å². The summed E-state index contributed by atoms with van der Waals surface area (Å²) in [7, 11) is 1.37. The minimum atomic E-state index is -0.325. The van der Waals surface area contributed by atoms with Gasteiger partial charge in [0, 0.05) is 18.1 Å². The van der Waals surface area contributed by atoms with Gasteiger partial charge in [0.2, 0.25) is 0 Å². The van der Waals surface area contributed by atoms with Gasteiger partial charge in [-0.2, -0.15) is 0 Å². The van der Waals surface area contributed by atoms with Crippen LogP contribution < -0.4 is 0 Å². The van der Waals surface area contributed by atoms with Gasteiger partial charge in [0.1, 0.15) is 0 Å². The number of ether oxygens (including phenoxy) is 1. The first-order valence-corrected chi connectivity index (χ1v) is 4.66. The summed E-state index contributed by atoms with van der Waals surface area (Å²) in [6, 6.07) is 0. The fraction of sp³-hybridized carbons (Fsp3) is 0.250. The molecule has 0 unspecified atom stereocenters. The molecule has 0 fully saturated rings. The van der Waals surface area contributed by atoms with Gasteiger partial charge in [-0.1, -0.05) is 12.2 Å². The van der Waals surface area contributed by atoms with E-state index in [4.69, 9.17) is 0 Å². The zero-order chi connectivity index (χ0) is 11.4. The van der Waals surface area contributed by atoms with E-state index < -0.39 is 0 Å². The standard InChI is InChI=1S/C12H15NO2/c1-5-13-7-6-10(12(14)15-4)8-11(13)9(2)3/h5-8H,1H2,2-4H3. The third kappa shape index (κ3) is 2.37. The van der Waals surface area contributed by atoms with Gasteiger partial charge in [0.15, 0.2) is 0 Å². The van der Waals surface area contributed by atoms with Gasteiger partial charge in [0.05, 0.1) is 12.7 Å². The summed E-state index contributed by atoms with van der Waals surface area (Å²) in [6.45, 7) is 7.67. The molecule has 0 bridgehead atoms. The summed E-state index contributed by atoms with van der Waals surface area (Å²) in [5, 5.41) is 0. The molecular weight excluding hydrogens is 190 g/mol. The minimum absolute atomic E-state index is 0.325. The Morgan fingerprint density at radius 1 is 1.53 bits per heavy atom. The lowest BCUT2D eigenvalue weighted by Crippen LogP contribution is -2.15. The molecule has 0 spiro atoms. The SMILES string of the molecule is C=CN1C=CC(C(=O)OC)=CC1=C(C)C. The van der Waals surface area contributed by atoms with E-state index in [0.29, 0.717) is 5.57 Å². The number of methoxy groups -OCH3 is 1. The van der Waals surface area contributed by atoms with Crippen LogP contribution in [0.2, 0.25) is 0 Å². The summed E-state index contributed by atoms with van der Waals surface area (Å²) in [6.07, 6.45) is 6.99. The summed E-state index contributed by atoms with van der Waals surface area (Å²) in [4.78, 5) is 13.2. The predicted octanol–water partition coefficient (Wildman–Crippen LogP) is 2.35. The number of allylic oxidation sites excluding steroid dienone is 2. The molecule has 0 radical (unpaired) electrons. The molecule has 0 amide bonds. The van der Waals surface area contributed by atoms with E-state index in [1.54, 1.807) is 24.6 Å². The molecule has 1 aliphatic rings. The van der Waals surface area contributed by atoms with Crippen LogP contribution in [0.25, 0.3) is 0 Å². The maximum absolute atomic E-state index is 11.3. The third-order valence-electron chi connectivity index (χ3n) is 2.12. The van der Waals surface area contributed by atoms with Gasteiger partial charge in [-0.3, -0.25) is 0 Å². The zero-order valence-corrected chi connectivity index (χ0v) is 9.28. The van der Waals surface area contributed by atoms with Crippen molar-refractivity contribution in [1.29, 1.82) is 0 Å². The first kappa shape index (κ1) is 11.3. The van der Waals surface area contributed by atoms with Crippen LogP contribution >= 0.6 is 0 Å². The highest BCUT2D eigenvalue weighted by atomic mass is 16.5. The van der Waals surface area contributed by atoms with Gasteiger partial charge < -0.3 is 9.64 Å². The van der Waals surface area contributed by atoms with E-state index in [1.165, 1.54) is 7.11 Å². The van der Waals surface area contributed by atoms with Crippen LogP contribution in [0.1, 0.15) is 13.8 Å². The van der Waals surface area contributed by atoms with Crippen molar-refractivity contribution >= 4 is 5.97 Å².